The minimum absolute atomic E-state index is 0.537. The average Bonchev–Trinajstić information content (AvgIpc) is 3.66. The maximum atomic E-state index is 2.85. The molecule has 2 nitrogen and oxygen atoms in total. The van der Waals surface area contributed by atoms with Crippen LogP contribution in [0.3, 0.4) is 0 Å². The van der Waals surface area contributed by atoms with Crippen molar-refractivity contribution in [3.63, 3.8) is 0 Å². The van der Waals surface area contributed by atoms with E-state index < -0.39 is 0 Å². The molecule has 2 aromatic rings. The fraction of sp³-hybridized carbons (Fsp3) is 0.600. The molecule has 34 heavy (non-hydrogen) atoms. The second-order valence-electron chi connectivity index (χ2n) is 11.1. The number of hydrogen-bond donors (Lipinski definition) is 0. The number of fused-ring (bicyclic) bond motifs is 2. The van der Waals surface area contributed by atoms with E-state index in [4.69, 9.17) is 0 Å². The van der Waals surface area contributed by atoms with Gasteiger partial charge in [0, 0.05) is 25.2 Å². The summed E-state index contributed by atoms with van der Waals surface area (Å²) in [5.41, 5.74) is 3.01. The van der Waals surface area contributed by atoms with E-state index in [-0.39, 0.29) is 0 Å². The van der Waals surface area contributed by atoms with E-state index in [9.17, 15) is 0 Å². The smallest absolute Gasteiger partial charge is 0.0528 e. The van der Waals surface area contributed by atoms with Gasteiger partial charge >= 0.3 is 0 Å². The summed E-state index contributed by atoms with van der Waals surface area (Å²) in [6, 6.07) is 24.4. The lowest BCUT2D eigenvalue weighted by Crippen LogP contribution is -2.33. The molecule has 4 heteroatoms. The van der Waals surface area contributed by atoms with Gasteiger partial charge in [-0.05, 0) is 74.6 Å². The summed E-state index contributed by atoms with van der Waals surface area (Å²) in [5.74, 6) is 1.95. The zero-order valence-corrected chi connectivity index (χ0v) is 22.1. The molecule has 2 aliphatic carbocycles. The van der Waals surface area contributed by atoms with Crippen LogP contribution in [0.4, 0.5) is 0 Å². The molecule has 0 spiro atoms. The van der Waals surface area contributed by atoms with Crippen molar-refractivity contribution in [3.8, 4) is 0 Å². The normalized spacial score (nSPS) is 30.9. The van der Waals surface area contributed by atoms with E-state index in [1.54, 1.807) is 0 Å². The Labute approximate surface area is 214 Å². The van der Waals surface area contributed by atoms with Gasteiger partial charge in [0.05, 0.1) is 10.5 Å². The molecule has 2 aliphatic heterocycles. The predicted octanol–water partition coefficient (Wildman–Crippen LogP) is 7.60. The van der Waals surface area contributed by atoms with Gasteiger partial charge in [0.15, 0.2) is 0 Å². The SMILES string of the molecule is c1ccc([C@@H](CN2CC[C@H]3CCC[C@H]32)SS[C@H](CN2CC[C@H]3CCC[C@H]32)c2ccccc2)cc1. The highest BCUT2D eigenvalue weighted by Gasteiger charge is 2.40. The Morgan fingerprint density at radius 2 is 1.03 bits per heavy atom. The summed E-state index contributed by atoms with van der Waals surface area (Å²) < 4.78 is 0. The fourth-order valence-corrected chi connectivity index (χ4v) is 10.5. The van der Waals surface area contributed by atoms with E-state index in [2.05, 4.69) is 92.1 Å². The van der Waals surface area contributed by atoms with Crippen LogP contribution in [0.2, 0.25) is 0 Å². The summed E-state index contributed by atoms with van der Waals surface area (Å²) in [6.45, 7) is 5.03. The van der Waals surface area contributed by atoms with E-state index >= 15 is 0 Å². The maximum absolute atomic E-state index is 2.85. The van der Waals surface area contributed by atoms with E-state index in [1.807, 2.05) is 0 Å². The van der Waals surface area contributed by atoms with Crippen molar-refractivity contribution < 1.29 is 0 Å². The van der Waals surface area contributed by atoms with Crippen LogP contribution in [0, 0.1) is 11.8 Å². The molecule has 0 aromatic heterocycles. The van der Waals surface area contributed by atoms with Crippen LogP contribution < -0.4 is 0 Å². The molecular formula is C30H40N2S2. The van der Waals surface area contributed by atoms with E-state index in [1.165, 1.54) is 88.7 Å². The number of benzene rings is 2. The van der Waals surface area contributed by atoms with Crippen molar-refractivity contribution in [2.24, 2.45) is 11.8 Å². The number of hydrogen-bond acceptors (Lipinski definition) is 4. The predicted molar refractivity (Wildman–Crippen MR) is 148 cm³/mol. The third-order valence-corrected chi connectivity index (χ3v) is 12.3. The van der Waals surface area contributed by atoms with Crippen molar-refractivity contribution in [2.45, 2.75) is 74.0 Å². The molecule has 0 radical (unpaired) electrons. The third-order valence-electron chi connectivity index (χ3n) is 9.18. The van der Waals surface area contributed by atoms with Crippen molar-refractivity contribution >= 4 is 21.6 Å². The number of nitrogens with zero attached hydrogens (tertiary/aromatic N) is 2. The summed E-state index contributed by atoms with van der Waals surface area (Å²) in [4.78, 5) is 5.70. The Balaban J connectivity index is 1.18. The highest BCUT2D eigenvalue weighted by Crippen LogP contribution is 2.49. The Hall–Kier alpha value is -0.940. The standard InChI is InChI=1S/C30H40N2S2/c1-3-9-25(10-4-1)29(21-31-19-17-23-13-7-15-27(23)31)33-34-30(26-11-5-2-6-12-26)22-32-20-18-24-14-8-16-28(24)32/h1-6,9-12,23-24,27-30H,7-8,13-22H2/t23-,24-,27-,28-,29-,30-/m1/s1. The summed E-state index contributed by atoms with van der Waals surface area (Å²) in [5, 5.41) is 1.07. The Morgan fingerprint density at radius 3 is 1.47 bits per heavy atom. The van der Waals surface area contributed by atoms with Crippen LogP contribution in [0.5, 0.6) is 0 Å². The van der Waals surface area contributed by atoms with E-state index in [0.717, 1.165) is 23.9 Å². The van der Waals surface area contributed by atoms with Gasteiger partial charge in [-0.1, -0.05) is 95.1 Å². The zero-order valence-electron chi connectivity index (χ0n) is 20.4. The molecule has 0 unspecified atom stereocenters. The van der Waals surface area contributed by atoms with Gasteiger partial charge in [-0.2, -0.15) is 0 Å². The molecule has 2 aromatic carbocycles. The lowest BCUT2D eigenvalue weighted by Gasteiger charge is -2.31. The second-order valence-corrected chi connectivity index (χ2v) is 13.8. The summed E-state index contributed by atoms with van der Waals surface area (Å²) in [6.07, 6.45) is 11.5. The topological polar surface area (TPSA) is 6.48 Å². The van der Waals surface area contributed by atoms with Gasteiger partial charge < -0.3 is 0 Å². The van der Waals surface area contributed by atoms with Gasteiger partial charge in [0.25, 0.3) is 0 Å². The van der Waals surface area contributed by atoms with Gasteiger partial charge in [0.2, 0.25) is 0 Å². The molecule has 6 atom stereocenters. The highest BCUT2D eigenvalue weighted by atomic mass is 33.1. The molecule has 0 amide bonds. The fourth-order valence-electron chi connectivity index (χ4n) is 7.40. The zero-order chi connectivity index (χ0) is 22.7. The molecule has 0 bridgehead atoms. The minimum atomic E-state index is 0.537. The molecule has 4 fully saturated rings. The summed E-state index contributed by atoms with van der Waals surface area (Å²) in [7, 11) is 4.31. The van der Waals surface area contributed by atoms with Crippen LogP contribution in [0.25, 0.3) is 0 Å². The minimum Gasteiger partial charge on any atom is -0.299 e. The molecule has 0 N–H and O–H groups in total. The first-order valence-electron chi connectivity index (χ1n) is 13.8. The first kappa shape index (κ1) is 23.5. The molecule has 6 rings (SSSR count). The van der Waals surface area contributed by atoms with Crippen molar-refractivity contribution in [1.82, 2.24) is 9.80 Å². The van der Waals surface area contributed by atoms with Crippen LogP contribution in [-0.4, -0.2) is 48.1 Å². The number of likely N-dealkylation sites (tertiary alicyclic amines) is 2. The van der Waals surface area contributed by atoms with Crippen LogP contribution >= 0.6 is 21.6 Å². The first-order chi connectivity index (χ1) is 16.8. The first-order valence-corrected chi connectivity index (χ1v) is 16.0. The largest absolute Gasteiger partial charge is 0.299 e. The molecule has 4 aliphatic rings. The van der Waals surface area contributed by atoms with Crippen molar-refractivity contribution in [3.05, 3.63) is 71.8 Å². The maximum Gasteiger partial charge on any atom is 0.0528 e. The number of rotatable bonds is 9. The van der Waals surface area contributed by atoms with E-state index in [0.29, 0.717) is 10.5 Å². The Kier molecular flexibility index (Phi) is 7.58. The van der Waals surface area contributed by atoms with Crippen molar-refractivity contribution in [1.29, 1.82) is 0 Å². The van der Waals surface area contributed by atoms with Gasteiger partial charge in [0.1, 0.15) is 0 Å². The second kappa shape index (κ2) is 11.0. The Bertz CT molecular complexity index is 831. The average molecular weight is 493 g/mol. The quantitative estimate of drug-likeness (QED) is 0.332. The highest BCUT2D eigenvalue weighted by molar-refractivity contribution is 8.76. The monoisotopic (exact) mass is 492 g/mol. The van der Waals surface area contributed by atoms with Crippen LogP contribution in [0.15, 0.2) is 60.7 Å². The third kappa shape index (κ3) is 5.12. The van der Waals surface area contributed by atoms with Gasteiger partial charge in [-0.25, -0.2) is 0 Å². The van der Waals surface area contributed by atoms with Gasteiger partial charge in [-0.3, -0.25) is 9.80 Å². The summed E-state index contributed by atoms with van der Waals surface area (Å²) >= 11 is 0. The molecule has 182 valence electrons. The Morgan fingerprint density at radius 1 is 0.588 bits per heavy atom. The van der Waals surface area contributed by atoms with Crippen LogP contribution in [0.1, 0.15) is 73.0 Å². The molecule has 2 saturated carbocycles. The van der Waals surface area contributed by atoms with Gasteiger partial charge in [-0.15, -0.1) is 0 Å². The lowest BCUT2D eigenvalue weighted by atomic mass is 10.0. The molecular weight excluding hydrogens is 452 g/mol. The molecule has 2 saturated heterocycles. The van der Waals surface area contributed by atoms with Crippen LogP contribution in [-0.2, 0) is 0 Å². The lowest BCUT2D eigenvalue weighted by molar-refractivity contribution is 0.242. The molecule has 2 heterocycles. The van der Waals surface area contributed by atoms with Crippen molar-refractivity contribution in [2.75, 3.05) is 26.2 Å².